The number of nitrogens with one attached hydrogen (secondary N) is 1. The summed E-state index contributed by atoms with van der Waals surface area (Å²) in [6.07, 6.45) is 1.05. The van der Waals surface area contributed by atoms with E-state index >= 15 is 0 Å². The zero-order valence-corrected chi connectivity index (χ0v) is 13.8. The Kier molecular flexibility index (Phi) is 4.77. The number of anilines is 1. The van der Waals surface area contributed by atoms with Crippen LogP contribution >= 0.6 is 0 Å². The minimum Gasteiger partial charge on any atom is -0.381 e. The van der Waals surface area contributed by atoms with Crippen LogP contribution in [0.25, 0.3) is 11.1 Å². The van der Waals surface area contributed by atoms with E-state index in [1.165, 1.54) is 33.5 Å². The third-order valence-corrected chi connectivity index (χ3v) is 4.27. The van der Waals surface area contributed by atoms with Crippen LogP contribution in [0.15, 0.2) is 72.8 Å². The molecule has 23 heavy (non-hydrogen) atoms. The summed E-state index contributed by atoms with van der Waals surface area (Å²) in [5.41, 5.74) is 7.80. The molecule has 0 unspecified atom stereocenters. The van der Waals surface area contributed by atoms with Gasteiger partial charge in [-0.2, -0.15) is 0 Å². The fourth-order valence-corrected chi connectivity index (χ4v) is 2.91. The van der Waals surface area contributed by atoms with Crippen molar-refractivity contribution in [3.8, 4) is 11.1 Å². The summed E-state index contributed by atoms with van der Waals surface area (Å²) in [6, 6.07) is 25.8. The predicted octanol–water partition coefficient (Wildman–Crippen LogP) is 5.84. The van der Waals surface area contributed by atoms with Gasteiger partial charge in [-0.1, -0.05) is 79.7 Å². The Balaban J connectivity index is 1.73. The first-order chi connectivity index (χ1) is 11.3. The number of rotatable bonds is 5. The molecule has 3 rings (SSSR count). The molecule has 0 aliphatic heterocycles. The molecule has 0 atom stereocenters. The number of hydrogen-bond donors (Lipinski definition) is 1. The van der Waals surface area contributed by atoms with Gasteiger partial charge in [-0.15, -0.1) is 0 Å². The Bertz CT molecular complexity index is 758. The molecule has 0 spiro atoms. The summed E-state index contributed by atoms with van der Waals surface area (Å²) in [5, 5.41) is 3.61. The largest absolute Gasteiger partial charge is 0.381 e. The van der Waals surface area contributed by atoms with Crippen molar-refractivity contribution in [2.75, 3.05) is 5.32 Å². The zero-order valence-electron chi connectivity index (χ0n) is 13.8. The number of hydrogen-bond acceptors (Lipinski definition) is 1. The van der Waals surface area contributed by atoms with Gasteiger partial charge in [0.2, 0.25) is 0 Å². The quantitative estimate of drug-likeness (QED) is 0.624. The van der Waals surface area contributed by atoms with Gasteiger partial charge in [0.05, 0.1) is 0 Å². The lowest BCUT2D eigenvalue weighted by molar-refractivity contribution is 1.08. The Labute approximate surface area is 139 Å². The van der Waals surface area contributed by atoms with Gasteiger partial charge < -0.3 is 5.32 Å². The molecule has 0 aromatic heterocycles. The lowest BCUT2D eigenvalue weighted by Gasteiger charge is -2.14. The highest BCUT2D eigenvalue weighted by molar-refractivity contribution is 5.63. The molecule has 3 aromatic rings. The van der Waals surface area contributed by atoms with Crippen molar-refractivity contribution in [1.82, 2.24) is 0 Å². The fraction of sp³-hybridized carbons (Fsp3) is 0.182. The SMILES string of the molecule is CCc1cccc(C)c1NCc1ccc(-c2ccccc2)cc1. The summed E-state index contributed by atoms with van der Waals surface area (Å²) >= 11 is 0. The van der Waals surface area contributed by atoms with Gasteiger partial charge in [-0.25, -0.2) is 0 Å². The highest BCUT2D eigenvalue weighted by Crippen LogP contribution is 2.23. The maximum absolute atomic E-state index is 3.61. The van der Waals surface area contributed by atoms with Gasteiger partial charge >= 0.3 is 0 Å². The zero-order chi connectivity index (χ0) is 16.1. The molecule has 0 amide bonds. The fourth-order valence-electron chi connectivity index (χ4n) is 2.91. The van der Waals surface area contributed by atoms with Crippen molar-refractivity contribution < 1.29 is 0 Å². The summed E-state index contributed by atoms with van der Waals surface area (Å²) in [7, 11) is 0. The number of para-hydroxylation sites is 1. The average molecular weight is 301 g/mol. The second kappa shape index (κ2) is 7.15. The third kappa shape index (κ3) is 3.62. The van der Waals surface area contributed by atoms with Gasteiger partial charge in [-0.3, -0.25) is 0 Å². The van der Waals surface area contributed by atoms with Crippen molar-refractivity contribution >= 4 is 5.69 Å². The van der Waals surface area contributed by atoms with E-state index in [-0.39, 0.29) is 0 Å². The van der Waals surface area contributed by atoms with Crippen molar-refractivity contribution in [2.45, 2.75) is 26.8 Å². The van der Waals surface area contributed by atoms with Crippen LogP contribution in [0.4, 0.5) is 5.69 Å². The van der Waals surface area contributed by atoms with E-state index in [0.717, 1.165) is 13.0 Å². The first-order valence-corrected chi connectivity index (χ1v) is 8.24. The molecule has 1 N–H and O–H groups in total. The molecular weight excluding hydrogens is 278 g/mol. The monoisotopic (exact) mass is 301 g/mol. The predicted molar refractivity (Wildman–Crippen MR) is 99.8 cm³/mol. The highest BCUT2D eigenvalue weighted by Gasteiger charge is 2.04. The molecule has 0 aliphatic rings. The van der Waals surface area contributed by atoms with Gasteiger partial charge in [0.25, 0.3) is 0 Å². The van der Waals surface area contributed by atoms with E-state index in [1.807, 2.05) is 0 Å². The van der Waals surface area contributed by atoms with E-state index in [9.17, 15) is 0 Å². The van der Waals surface area contributed by atoms with E-state index in [2.05, 4.69) is 92.0 Å². The lowest BCUT2D eigenvalue weighted by Crippen LogP contribution is -2.04. The van der Waals surface area contributed by atoms with Gasteiger partial charge in [0.15, 0.2) is 0 Å². The molecular formula is C22H23N. The second-order valence-electron chi connectivity index (χ2n) is 5.88. The van der Waals surface area contributed by atoms with Crippen molar-refractivity contribution in [1.29, 1.82) is 0 Å². The van der Waals surface area contributed by atoms with Gasteiger partial charge in [-0.05, 0) is 41.2 Å². The Hall–Kier alpha value is -2.54. The molecule has 0 aliphatic carbocycles. The van der Waals surface area contributed by atoms with Gasteiger partial charge in [0.1, 0.15) is 0 Å². The van der Waals surface area contributed by atoms with E-state index in [0.29, 0.717) is 0 Å². The van der Waals surface area contributed by atoms with Crippen LogP contribution in [0, 0.1) is 6.92 Å². The Morgan fingerprint density at radius 1 is 0.739 bits per heavy atom. The molecule has 0 bridgehead atoms. The Morgan fingerprint density at radius 3 is 2.13 bits per heavy atom. The minimum absolute atomic E-state index is 0.854. The molecule has 116 valence electrons. The average Bonchev–Trinajstić information content (AvgIpc) is 2.61. The molecule has 0 saturated carbocycles. The van der Waals surface area contributed by atoms with Crippen LogP contribution in [0.2, 0.25) is 0 Å². The first kappa shape index (κ1) is 15.4. The maximum Gasteiger partial charge on any atom is 0.0404 e. The van der Waals surface area contributed by atoms with Crippen LogP contribution in [-0.4, -0.2) is 0 Å². The standard InChI is InChI=1S/C22H23N/c1-3-19-11-7-8-17(2)22(19)23-16-18-12-14-21(15-13-18)20-9-5-4-6-10-20/h4-15,23H,3,16H2,1-2H3. The minimum atomic E-state index is 0.854. The lowest BCUT2D eigenvalue weighted by atomic mass is 10.0. The summed E-state index contributed by atoms with van der Waals surface area (Å²) in [5.74, 6) is 0. The smallest absolute Gasteiger partial charge is 0.0404 e. The molecule has 1 nitrogen and oxygen atoms in total. The molecule has 0 heterocycles. The highest BCUT2D eigenvalue weighted by atomic mass is 14.9. The summed E-state index contributed by atoms with van der Waals surface area (Å²) < 4.78 is 0. The second-order valence-corrected chi connectivity index (χ2v) is 5.88. The van der Waals surface area contributed by atoms with Crippen LogP contribution in [0.1, 0.15) is 23.6 Å². The van der Waals surface area contributed by atoms with Crippen molar-refractivity contribution in [3.05, 3.63) is 89.5 Å². The molecule has 0 saturated heterocycles. The number of aryl methyl sites for hydroxylation is 2. The summed E-state index contributed by atoms with van der Waals surface area (Å²) in [6.45, 7) is 5.22. The summed E-state index contributed by atoms with van der Waals surface area (Å²) in [4.78, 5) is 0. The normalized spacial score (nSPS) is 10.5. The molecule has 0 radical (unpaired) electrons. The van der Waals surface area contributed by atoms with Crippen LogP contribution in [0.5, 0.6) is 0 Å². The third-order valence-electron chi connectivity index (χ3n) is 4.27. The molecule has 0 fully saturated rings. The molecule has 3 aromatic carbocycles. The van der Waals surface area contributed by atoms with Crippen LogP contribution in [-0.2, 0) is 13.0 Å². The van der Waals surface area contributed by atoms with E-state index in [1.54, 1.807) is 0 Å². The topological polar surface area (TPSA) is 12.0 Å². The Morgan fingerprint density at radius 2 is 1.43 bits per heavy atom. The van der Waals surface area contributed by atoms with E-state index in [4.69, 9.17) is 0 Å². The number of benzene rings is 3. The maximum atomic E-state index is 3.61. The van der Waals surface area contributed by atoms with Crippen molar-refractivity contribution in [2.24, 2.45) is 0 Å². The first-order valence-electron chi connectivity index (χ1n) is 8.24. The van der Waals surface area contributed by atoms with Crippen LogP contribution < -0.4 is 5.32 Å². The van der Waals surface area contributed by atoms with Crippen LogP contribution in [0.3, 0.4) is 0 Å². The van der Waals surface area contributed by atoms with E-state index < -0.39 is 0 Å². The molecule has 1 heteroatoms. The van der Waals surface area contributed by atoms with Gasteiger partial charge in [0, 0.05) is 12.2 Å². The van der Waals surface area contributed by atoms with Crippen molar-refractivity contribution in [3.63, 3.8) is 0 Å².